The van der Waals surface area contributed by atoms with Crippen LogP contribution in [0.2, 0.25) is 0 Å². The molecular formula is C14H16N2O2S6. The summed E-state index contributed by atoms with van der Waals surface area (Å²) in [7, 11) is 0. The minimum atomic E-state index is -0.165. The maximum absolute atomic E-state index is 12.3. The molecule has 3 aliphatic rings. The summed E-state index contributed by atoms with van der Waals surface area (Å²) >= 11 is 10.2. The number of rotatable bonds is 4. The van der Waals surface area contributed by atoms with Crippen LogP contribution in [0, 0.1) is 0 Å². The van der Waals surface area contributed by atoms with E-state index in [9.17, 15) is 9.59 Å². The standard InChI is InChI=1S/C14H16N2O2S6/c1-3-15-9(17)7-8(10(18)16-4-2)22-13(21-7)14-23-11-12(24-14)20-6-5-19-11/h3-6H2,1-2H3,(H,15,17)(H,16,18). The zero-order valence-corrected chi connectivity index (χ0v) is 18.0. The molecular weight excluding hydrogens is 421 g/mol. The van der Waals surface area contributed by atoms with E-state index in [0.717, 1.165) is 15.7 Å². The highest BCUT2D eigenvalue weighted by atomic mass is 32.3. The number of carbonyl (C=O) groups is 2. The van der Waals surface area contributed by atoms with Crippen molar-refractivity contribution in [1.29, 1.82) is 0 Å². The number of hydrogen-bond acceptors (Lipinski definition) is 8. The third-order valence-corrected chi connectivity index (χ3v) is 11.8. The molecule has 0 saturated heterocycles. The minimum absolute atomic E-state index is 0.165. The predicted octanol–water partition coefficient (Wildman–Crippen LogP) is 4.16. The van der Waals surface area contributed by atoms with Gasteiger partial charge in [0.2, 0.25) is 0 Å². The first-order chi connectivity index (χ1) is 11.6. The monoisotopic (exact) mass is 436 g/mol. The van der Waals surface area contributed by atoms with Gasteiger partial charge in [0.25, 0.3) is 11.8 Å². The molecule has 0 aromatic heterocycles. The topological polar surface area (TPSA) is 58.2 Å². The zero-order valence-electron chi connectivity index (χ0n) is 13.1. The highest BCUT2D eigenvalue weighted by Gasteiger charge is 2.35. The SMILES string of the molecule is CCNC(=O)C1=C(C(=O)NCC)SC(=C2SC3=C(SCCS3)S2)S1. The molecule has 2 N–H and O–H groups in total. The average Bonchev–Trinajstić information content (AvgIpc) is 3.19. The number of hydrogen-bond donors (Lipinski definition) is 2. The van der Waals surface area contributed by atoms with Crippen LogP contribution >= 0.6 is 70.6 Å². The third kappa shape index (κ3) is 4.15. The van der Waals surface area contributed by atoms with E-state index < -0.39 is 0 Å². The minimum Gasteiger partial charge on any atom is -0.352 e. The van der Waals surface area contributed by atoms with Gasteiger partial charge in [0, 0.05) is 24.6 Å². The van der Waals surface area contributed by atoms with Crippen LogP contribution in [0.5, 0.6) is 0 Å². The van der Waals surface area contributed by atoms with Crippen molar-refractivity contribution in [1.82, 2.24) is 10.6 Å². The quantitative estimate of drug-likeness (QED) is 0.681. The molecule has 130 valence electrons. The fourth-order valence-electron chi connectivity index (χ4n) is 1.96. The van der Waals surface area contributed by atoms with Crippen molar-refractivity contribution in [2.24, 2.45) is 0 Å². The molecule has 24 heavy (non-hydrogen) atoms. The van der Waals surface area contributed by atoms with Gasteiger partial charge < -0.3 is 10.6 Å². The van der Waals surface area contributed by atoms with Crippen molar-refractivity contribution in [3.63, 3.8) is 0 Å². The van der Waals surface area contributed by atoms with Gasteiger partial charge in [0.1, 0.15) is 0 Å². The predicted molar refractivity (Wildman–Crippen MR) is 114 cm³/mol. The molecule has 10 heteroatoms. The maximum Gasteiger partial charge on any atom is 0.259 e. The second-order valence-corrected chi connectivity index (χ2v) is 12.0. The van der Waals surface area contributed by atoms with E-state index in [2.05, 4.69) is 10.6 Å². The Morgan fingerprint density at radius 2 is 1.17 bits per heavy atom. The van der Waals surface area contributed by atoms with Crippen LogP contribution in [-0.4, -0.2) is 36.4 Å². The second-order valence-electron chi connectivity index (χ2n) is 4.63. The first kappa shape index (κ1) is 19.0. The maximum atomic E-state index is 12.3. The number of thioether (sulfide) groups is 6. The Morgan fingerprint density at radius 3 is 1.58 bits per heavy atom. The molecule has 0 bridgehead atoms. The molecule has 3 aliphatic heterocycles. The highest BCUT2D eigenvalue weighted by molar-refractivity contribution is 8.43. The first-order valence-electron chi connectivity index (χ1n) is 7.40. The summed E-state index contributed by atoms with van der Waals surface area (Å²) in [6.45, 7) is 4.86. The summed E-state index contributed by atoms with van der Waals surface area (Å²) in [5, 5.41) is 5.62. The number of carbonyl (C=O) groups excluding carboxylic acids is 2. The van der Waals surface area contributed by atoms with Gasteiger partial charge in [-0.3, -0.25) is 9.59 Å². The normalized spacial score (nSPS) is 20.6. The van der Waals surface area contributed by atoms with Crippen LogP contribution in [0.3, 0.4) is 0 Å². The lowest BCUT2D eigenvalue weighted by molar-refractivity contribution is -0.119. The molecule has 0 saturated carbocycles. The van der Waals surface area contributed by atoms with Gasteiger partial charge in [-0.05, 0) is 13.8 Å². The molecule has 0 unspecified atom stereocenters. The van der Waals surface area contributed by atoms with E-state index in [0.29, 0.717) is 22.9 Å². The smallest absolute Gasteiger partial charge is 0.259 e. The molecule has 0 spiro atoms. The van der Waals surface area contributed by atoms with E-state index >= 15 is 0 Å². The van der Waals surface area contributed by atoms with Crippen LogP contribution in [0.25, 0.3) is 0 Å². The van der Waals surface area contributed by atoms with Crippen LogP contribution in [-0.2, 0) is 9.59 Å². The molecule has 0 atom stereocenters. The molecule has 3 rings (SSSR count). The Balaban J connectivity index is 1.81. The third-order valence-electron chi connectivity index (χ3n) is 2.94. The lowest BCUT2D eigenvalue weighted by atomic mass is 10.4. The fraction of sp³-hybridized carbons (Fsp3) is 0.429. The Kier molecular flexibility index (Phi) is 6.95. The average molecular weight is 437 g/mol. The molecule has 3 heterocycles. The van der Waals surface area contributed by atoms with Gasteiger partial charge in [-0.15, -0.1) is 23.5 Å². The van der Waals surface area contributed by atoms with Crippen molar-refractivity contribution in [3.8, 4) is 0 Å². The van der Waals surface area contributed by atoms with E-state index in [1.54, 1.807) is 23.5 Å². The molecule has 0 aromatic rings. The van der Waals surface area contributed by atoms with Gasteiger partial charge in [-0.2, -0.15) is 0 Å². The summed E-state index contributed by atoms with van der Waals surface area (Å²) in [5.74, 6) is 1.96. The van der Waals surface area contributed by atoms with Gasteiger partial charge in [0.05, 0.1) is 26.8 Å². The van der Waals surface area contributed by atoms with Gasteiger partial charge in [-0.1, -0.05) is 47.0 Å². The summed E-state index contributed by atoms with van der Waals surface area (Å²) in [4.78, 5) is 25.7. The van der Waals surface area contributed by atoms with Crippen LogP contribution in [0.15, 0.2) is 26.8 Å². The fourth-order valence-corrected chi connectivity index (χ4v) is 10.7. The Morgan fingerprint density at radius 1 is 0.750 bits per heavy atom. The van der Waals surface area contributed by atoms with Gasteiger partial charge in [0.15, 0.2) is 0 Å². The number of amides is 2. The molecule has 0 aromatic carbocycles. The molecule has 4 nitrogen and oxygen atoms in total. The first-order valence-corrected chi connectivity index (χ1v) is 12.6. The van der Waals surface area contributed by atoms with Crippen molar-refractivity contribution < 1.29 is 9.59 Å². The van der Waals surface area contributed by atoms with E-state index in [4.69, 9.17) is 0 Å². The summed E-state index contributed by atoms with van der Waals surface area (Å²) in [6.07, 6.45) is 0. The molecule has 0 aliphatic carbocycles. The lowest BCUT2D eigenvalue weighted by Crippen LogP contribution is -2.27. The Labute approximate surface area is 167 Å². The molecule has 2 amide bonds. The van der Waals surface area contributed by atoms with Crippen molar-refractivity contribution in [2.45, 2.75) is 13.8 Å². The molecule has 0 radical (unpaired) electrons. The van der Waals surface area contributed by atoms with Crippen LogP contribution < -0.4 is 10.6 Å². The Hall–Kier alpha value is 0.260. The van der Waals surface area contributed by atoms with Crippen molar-refractivity contribution in [2.75, 3.05) is 24.6 Å². The van der Waals surface area contributed by atoms with Crippen LogP contribution in [0.4, 0.5) is 0 Å². The summed E-state index contributed by atoms with van der Waals surface area (Å²) in [5.41, 5.74) is 0. The number of likely N-dealkylation sites (N-methyl/N-ethyl adjacent to an activating group) is 2. The van der Waals surface area contributed by atoms with Crippen molar-refractivity contribution in [3.05, 3.63) is 26.8 Å². The summed E-state index contributed by atoms with van der Waals surface area (Å²) < 4.78 is 4.97. The van der Waals surface area contributed by atoms with E-state index in [-0.39, 0.29) is 11.8 Å². The second kappa shape index (κ2) is 8.77. The lowest BCUT2D eigenvalue weighted by Gasteiger charge is -2.08. The summed E-state index contributed by atoms with van der Waals surface area (Å²) in [6, 6.07) is 0. The largest absolute Gasteiger partial charge is 0.352 e. The van der Waals surface area contributed by atoms with Gasteiger partial charge >= 0.3 is 0 Å². The number of nitrogens with one attached hydrogen (secondary N) is 2. The van der Waals surface area contributed by atoms with E-state index in [1.807, 2.05) is 37.4 Å². The van der Waals surface area contributed by atoms with Crippen molar-refractivity contribution >= 4 is 82.4 Å². The zero-order chi connectivity index (χ0) is 17.1. The highest BCUT2D eigenvalue weighted by Crippen LogP contribution is 2.64. The van der Waals surface area contributed by atoms with Crippen LogP contribution in [0.1, 0.15) is 13.8 Å². The molecule has 0 fully saturated rings. The van der Waals surface area contributed by atoms with E-state index in [1.165, 1.54) is 36.2 Å². The van der Waals surface area contributed by atoms with Gasteiger partial charge in [-0.25, -0.2) is 0 Å². The Bertz CT molecular complexity index is 618.